The lowest BCUT2D eigenvalue weighted by Crippen LogP contribution is -2.52. The standard InChI is InChI=1S/C20H28N2O3/c1-24-17-2-4-18(5-3-17)25-13-22-19(23)21-12-20-9-14-6-15(10-20)8-16(7-14)11-20/h2-5,14-16H,6-13H2,1H3,(H2,21,22,23). The van der Waals surface area contributed by atoms with Gasteiger partial charge in [-0.25, -0.2) is 4.79 Å². The van der Waals surface area contributed by atoms with Crippen LogP contribution in [0.25, 0.3) is 0 Å². The number of hydrogen-bond donors (Lipinski definition) is 2. The first-order valence-electron chi connectivity index (χ1n) is 9.43. The van der Waals surface area contributed by atoms with Crippen LogP contribution < -0.4 is 20.1 Å². The number of carbonyl (C=O) groups excluding carboxylic acids is 1. The van der Waals surface area contributed by atoms with Gasteiger partial charge in [-0.05, 0) is 86.0 Å². The Morgan fingerprint density at radius 3 is 2.12 bits per heavy atom. The van der Waals surface area contributed by atoms with Gasteiger partial charge in [0, 0.05) is 6.54 Å². The number of urea groups is 1. The van der Waals surface area contributed by atoms with Crippen LogP contribution in [0.4, 0.5) is 4.79 Å². The Kier molecular flexibility index (Phi) is 4.48. The number of benzene rings is 1. The van der Waals surface area contributed by atoms with E-state index in [-0.39, 0.29) is 12.8 Å². The number of methoxy groups -OCH3 is 1. The Bertz CT molecular complexity index is 579. The number of carbonyl (C=O) groups is 1. The molecule has 0 aromatic heterocycles. The van der Waals surface area contributed by atoms with Crippen molar-refractivity contribution in [3.8, 4) is 11.5 Å². The molecule has 4 aliphatic carbocycles. The molecular formula is C20H28N2O3. The first-order chi connectivity index (χ1) is 12.1. The molecule has 0 atom stereocenters. The summed E-state index contributed by atoms with van der Waals surface area (Å²) in [6, 6.07) is 7.19. The van der Waals surface area contributed by atoms with Gasteiger partial charge < -0.3 is 20.1 Å². The maximum atomic E-state index is 12.1. The van der Waals surface area contributed by atoms with E-state index in [4.69, 9.17) is 9.47 Å². The smallest absolute Gasteiger partial charge is 0.317 e. The van der Waals surface area contributed by atoms with Crippen LogP contribution in [0, 0.1) is 23.2 Å². The van der Waals surface area contributed by atoms with Gasteiger partial charge in [0.1, 0.15) is 11.5 Å². The summed E-state index contributed by atoms with van der Waals surface area (Å²) in [5.41, 5.74) is 0.364. The van der Waals surface area contributed by atoms with Gasteiger partial charge in [-0.2, -0.15) is 0 Å². The Balaban J connectivity index is 1.20. The van der Waals surface area contributed by atoms with Crippen molar-refractivity contribution in [3.05, 3.63) is 24.3 Å². The largest absolute Gasteiger partial charge is 0.497 e. The molecule has 5 rings (SSSR count). The van der Waals surface area contributed by atoms with Crippen molar-refractivity contribution in [1.82, 2.24) is 10.6 Å². The molecule has 4 bridgehead atoms. The monoisotopic (exact) mass is 344 g/mol. The van der Waals surface area contributed by atoms with E-state index in [1.807, 2.05) is 24.3 Å². The quantitative estimate of drug-likeness (QED) is 0.776. The fourth-order valence-electron chi connectivity index (χ4n) is 5.69. The summed E-state index contributed by atoms with van der Waals surface area (Å²) in [6.45, 7) is 0.976. The SMILES string of the molecule is COc1ccc(OCNC(=O)NCC23CC4CC(CC(C4)C2)C3)cc1. The lowest BCUT2D eigenvalue weighted by Gasteiger charge is -2.56. The molecule has 4 saturated carbocycles. The molecule has 0 spiro atoms. The molecule has 4 fully saturated rings. The van der Waals surface area contributed by atoms with Crippen molar-refractivity contribution in [2.24, 2.45) is 23.2 Å². The van der Waals surface area contributed by atoms with Gasteiger partial charge in [-0.3, -0.25) is 0 Å². The lowest BCUT2D eigenvalue weighted by molar-refractivity contribution is -0.0498. The third-order valence-corrected chi connectivity index (χ3v) is 6.32. The average Bonchev–Trinajstić information content (AvgIpc) is 2.60. The van der Waals surface area contributed by atoms with E-state index in [0.29, 0.717) is 11.2 Å². The highest BCUT2D eigenvalue weighted by molar-refractivity contribution is 5.73. The minimum atomic E-state index is -0.135. The molecule has 136 valence electrons. The predicted octanol–water partition coefficient (Wildman–Crippen LogP) is 3.55. The molecule has 0 saturated heterocycles. The van der Waals surface area contributed by atoms with Crippen molar-refractivity contribution in [2.75, 3.05) is 20.4 Å². The Hall–Kier alpha value is -1.91. The first-order valence-corrected chi connectivity index (χ1v) is 9.43. The highest BCUT2D eigenvalue weighted by Crippen LogP contribution is 2.59. The summed E-state index contributed by atoms with van der Waals surface area (Å²) in [5.74, 6) is 4.23. The zero-order valence-electron chi connectivity index (χ0n) is 14.9. The molecule has 5 heteroatoms. The molecule has 0 heterocycles. The maximum absolute atomic E-state index is 12.1. The fraction of sp³-hybridized carbons (Fsp3) is 0.650. The van der Waals surface area contributed by atoms with Gasteiger partial charge >= 0.3 is 6.03 Å². The number of rotatable bonds is 6. The molecule has 0 unspecified atom stereocenters. The van der Waals surface area contributed by atoms with Crippen LogP contribution in [0.2, 0.25) is 0 Å². The van der Waals surface area contributed by atoms with Gasteiger partial charge in [-0.15, -0.1) is 0 Å². The molecular weight excluding hydrogens is 316 g/mol. The molecule has 25 heavy (non-hydrogen) atoms. The minimum absolute atomic E-state index is 0.135. The highest BCUT2D eigenvalue weighted by atomic mass is 16.5. The number of nitrogens with one attached hydrogen (secondary N) is 2. The van der Waals surface area contributed by atoms with Crippen LogP contribution in [0.1, 0.15) is 38.5 Å². The first kappa shape index (κ1) is 16.6. The van der Waals surface area contributed by atoms with Gasteiger partial charge in [-0.1, -0.05) is 0 Å². The van der Waals surface area contributed by atoms with Gasteiger partial charge in [0.2, 0.25) is 0 Å². The number of hydrogen-bond acceptors (Lipinski definition) is 3. The summed E-state index contributed by atoms with van der Waals surface area (Å²) >= 11 is 0. The zero-order valence-corrected chi connectivity index (χ0v) is 14.9. The van der Waals surface area contributed by atoms with Crippen LogP contribution >= 0.6 is 0 Å². The van der Waals surface area contributed by atoms with E-state index in [2.05, 4.69) is 10.6 Å². The van der Waals surface area contributed by atoms with E-state index in [0.717, 1.165) is 30.0 Å². The molecule has 2 N–H and O–H groups in total. The second-order valence-electron chi connectivity index (χ2n) is 8.24. The molecule has 2 amide bonds. The number of amides is 2. The summed E-state index contributed by atoms with van der Waals surface area (Å²) < 4.78 is 10.7. The summed E-state index contributed by atoms with van der Waals surface area (Å²) in [4.78, 5) is 12.1. The normalized spacial score (nSPS) is 32.3. The second-order valence-corrected chi connectivity index (χ2v) is 8.24. The van der Waals surface area contributed by atoms with Crippen molar-refractivity contribution in [2.45, 2.75) is 38.5 Å². The topological polar surface area (TPSA) is 59.6 Å². The van der Waals surface area contributed by atoms with E-state index >= 15 is 0 Å². The predicted molar refractivity (Wildman–Crippen MR) is 95.6 cm³/mol. The lowest BCUT2D eigenvalue weighted by atomic mass is 9.49. The van der Waals surface area contributed by atoms with Crippen LogP contribution in [-0.4, -0.2) is 26.4 Å². The van der Waals surface area contributed by atoms with Crippen molar-refractivity contribution in [1.29, 1.82) is 0 Å². The molecule has 1 aromatic carbocycles. The summed E-state index contributed by atoms with van der Waals surface area (Å²) in [6.07, 6.45) is 8.22. The minimum Gasteiger partial charge on any atom is -0.497 e. The third kappa shape index (κ3) is 3.70. The summed E-state index contributed by atoms with van der Waals surface area (Å²) in [5, 5.41) is 5.88. The number of ether oxygens (including phenoxy) is 2. The van der Waals surface area contributed by atoms with Gasteiger partial charge in [0.15, 0.2) is 6.73 Å². The Morgan fingerprint density at radius 2 is 1.56 bits per heavy atom. The fourth-order valence-corrected chi connectivity index (χ4v) is 5.69. The Labute approximate surface area is 149 Å². The average molecular weight is 344 g/mol. The molecule has 4 aliphatic rings. The summed E-state index contributed by atoms with van der Waals surface area (Å²) in [7, 11) is 1.63. The molecule has 0 aliphatic heterocycles. The van der Waals surface area contributed by atoms with Crippen molar-refractivity contribution in [3.63, 3.8) is 0 Å². The van der Waals surface area contributed by atoms with Gasteiger partial charge in [0.05, 0.1) is 7.11 Å². The van der Waals surface area contributed by atoms with Gasteiger partial charge in [0.25, 0.3) is 0 Å². The molecule has 1 aromatic rings. The molecule has 5 nitrogen and oxygen atoms in total. The maximum Gasteiger partial charge on any atom is 0.317 e. The van der Waals surface area contributed by atoms with E-state index in [1.54, 1.807) is 7.11 Å². The van der Waals surface area contributed by atoms with Crippen LogP contribution in [0.15, 0.2) is 24.3 Å². The van der Waals surface area contributed by atoms with E-state index in [9.17, 15) is 4.79 Å². The Morgan fingerprint density at radius 1 is 1.00 bits per heavy atom. The highest BCUT2D eigenvalue weighted by Gasteiger charge is 2.50. The second kappa shape index (κ2) is 6.77. The van der Waals surface area contributed by atoms with E-state index in [1.165, 1.54) is 38.5 Å². The molecule has 0 radical (unpaired) electrons. The third-order valence-electron chi connectivity index (χ3n) is 6.32. The van der Waals surface area contributed by atoms with Crippen LogP contribution in [0.3, 0.4) is 0 Å². The zero-order chi connectivity index (χ0) is 17.3. The van der Waals surface area contributed by atoms with Crippen LogP contribution in [-0.2, 0) is 0 Å². The van der Waals surface area contributed by atoms with E-state index < -0.39 is 0 Å². The van der Waals surface area contributed by atoms with Crippen LogP contribution in [0.5, 0.6) is 11.5 Å². The van der Waals surface area contributed by atoms with Crippen molar-refractivity contribution >= 4 is 6.03 Å². The van der Waals surface area contributed by atoms with Crippen molar-refractivity contribution < 1.29 is 14.3 Å².